The second-order valence-electron chi connectivity index (χ2n) is 3.08. The number of aromatic nitrogens is 3. The fourth-order valence-electron chi connectivity index (χ4n) is 1.14. The molecular formula is C10H11N3OS. The molecule has 0 bridgehead atoms. The van der Waals surface area contributed by atoms with Gasteiger partial charge in [-0.1, -0.05) is 24.3 Å². The molecule has 5 heteroatoms. The lowest BCUT2D eigenvalue weighted by molar-refractivity contribution is 0.172. The number of aliphatic hydroxyl groups excluding tert-OH is 1. The minimum atomic E-state index is -0.514. The number of pyridine rings is 1. The first-order chi connectivity index (χ1) is 7.31. The molecule has 0 radical (unpaired) electrons. The van der Waals surface area contributed by atoms with E-state index in [1.54, 1.807) is 6.20 Å². The van der Waals surface area contributed by atoms with Crippen LogP contribution >= 0.6 is 11.3 Å². The number of aliphatic hydroxyl groups is 1. The van der Waals surface area contributed by atoms with Crippen LogP contribution in [0.25, 0.3) is 10.7 Å². The monoisotopic (exact) mass is 221 g/mol. The molecule has 2 rings (SSSR count). The van der Waals surface area contributed by atoms with E-state index in [0.29, 0.717) is 11.4 Å². The van der Waals surface area contributed by atoms with Crippen LogP contribution in [0.3, 0.4) is 0 Å². The highest BCUT2D eigenvalue weighted by Crippen LogP contribution is 2.26. The standard InChI is InChI=1S/C10H11N3OS/c1-2-8(14)10-13-12-9(15-10)7-5-3-4-6-11-7/h3-6,8,14H,2H2,1H3/t8-/m1/s1. The Hall–Kier alpha value is -1.33. The van der Waals surface area contributed by atoms with Crippen molar-refractivity contribution < 1.29 is 5.11 Å². The first-order valence-electron chi connectivity index (χ1n) is 4.74. The molecule has 2 heterocycles. The summed E-state index contributed by atoms with van der Waals surface area (Å²) in [5, 5.41) is 18.9. The number of nitrogens with zero attached hydrogens (tertiary/aromatic N) is 3. The summed E-state index contributed by atoms with van der Waals surface area (Å²) in [6.07, 6.45) is 1.85. The molecule has 1 atom stereocenters. The SMILES string of the molecule is CC[C@@H](O)c1nnc(-c2ccccn2)s1. The fourth-order valence-corrected chi connectivity index (χ4v) is 2.03. The van der Waals surface area contributed by atoms with Gasteiger partial charge in [-0.2, -0.15) is 0 Å². The van der Waals surface area contributed by atoms with Crippen molar-refractivity contribution in [3.05, 3.63) is 29.4 Å². The van der Waals surface area contributed by atoms with Gasteiger partial charge in [0, 0.05) is 6.20 Å². The van der Waals surface area contributed by atoms with Gasteiger partial charge in [-0.3, -0.25) is 4.98 Å². The maximum Gasteiger partial charge on any atom is 0.166 e. The van der Waals surface area contributed by atoms with Gasteiger partial charge in [0.25, 0.3) is 0 Å². The first kappa shape index (κ1) is 10.2. The van der Waals surface area contributed by atoms with Gasteiger partial charge >= 0.3 is 0 Å². The molecular weight excluding hydrogens is 210 g/mol. The van der Waals surface area contributed by atoms with E-state index in [2.05, 4.69) is 15.2 Å². The average molecular weight is 221 g/mol. The summed E-state index contributed by atoms with van der Waals surface area (Å²) in [5.74, 6) is 0. The van der Waals surface area contributed by atoms with E-state index in [1.807, 2.05) is 25.1 Å². The second kappa shape index (κ2) is 4.46. The van der Waals surface area contributed by atoms with Crippen molar-refractivity contribution in [3.8, 4) is 10.7 Å². The minimum Gasteiger partial charge on any atom is -0.386 e. The first-order valence-corrected chi connectivity index (χ1v) is 5.55. The van der Waals surface area contributed by atoms with Gasteiger partial charge in [0.2, 0.25) is 0 Å². The lowest BCUT2D eigenvalue weighted by Crippen LogP contribution is -1.93. The van der Waals surface area contributed by atoms with Crippen molar-refractivity contribution in [1.82, 2.24) is 15.2 Å². The van der Waals surface area contributed by atoms with Crippen LogP contribution < -0.4 is 0 Å². The molecule has 2 aromatic rings. The highest BCUT2D eigenvalue weighted by atomic mass is 32.1. The third kappa shape index (κ3) is 2.19. The largest absolute Gasteiger partial charge is 0.386 e. The maximum absolute atomic E-state index is 9.58. The lowest BCUT2D eigenvalue weighted by atomic mass is 10.3. The van der Waals surface area contributed by atoms with Crippen LogP contribution in [-0.2, 0) is 0 Å². The van der Waals surface area contributed by atoms with E-state index >= 15 is 0 Å². The molecule has 1 N–H and O–H groups in total. The van der Waals surface area contributed by atoms with Crippen molar-refractivity contribution in [2.45, 2.75) is 19.4 Å². The Balaban J connectivity index is 2.28. The van der Waals surface area contributed by atoms with Crippen LogP contribution in [0.1, 0.15) is 24.5 Å². The molecule has 0 unspecified atom stereocenters. The molecule has 0 aliphatic carbocycles. The summed E-state index contributed by atoms with van der Waals surface area (Å²) in [6, 6.07) is 5.63. The van der Waals surface area contributed by atoms with Crippen LogP contribution in [-0.4, -0.2) is 20.3 Å². The number of rotatable bonds is 3. The second-order valence-corrected chi connectivity index (χ2v) is 4.09. The molecule has 2 aromatic heterocycles. The average Bonchev–Trinajstić information content (AvgIpc) is 2.78. The van der Waals surface area contributed by atoms with E-state index in [1.165, 1.54) is 11.3 Å². The van der Waals surface area contributed by atoms with E-state index in [9.17, 15) is 5.11 Å². The van der Waals surface area contributed by atoms with Crippen molar-refractivity contribution in [2.75, 3.05) is 0 Å². The molecule has 0 aliphatic rings. The number of hydrogen-bond acceptors (Lipinski definition) is 5. The van der Waals surface area contributed by atoms with Crippen LogP contribution in [0.2, 0.25) is 0 Å². The van der Waals surface area contributed by atoms with Gasteiger partial charge in [0.1, 0.15) is 16.8 Å². The van der Waals surface area contributed by atoms with E-state index in [-0.39, 0.29) is 0 Å². The Kier molecular flexibility index (Phi) is 3.03. The summed E-state index contributed by atoms with van der Waals surface area (Å²) in [7, 11) is 0. The maximum atomic E-state index is 9.58. The summed E-state index contributed by atoms with van der Waals surface area (Å²) >= 11 is 1.38. The van der Waals surface area contributed by atoms with E-state index in [4.69, 9.17) is 0 Å². The molecule has 0 aliphatic heterocycles. The Labute approximate surface area is 91.6 Å². The van der Waals surface area contributed by atoms with E-state index in [0.717, 1.165) is 10.7 Å². The lowest BCUT2D eigenvalue weighted by Gasteiger charge is -1.99. The van der Waals surface area contributed by atoms with Crippen LogP contribution in [0.15, 0.2) is 24.4 Å². The molecule has 0 saturated heterocycles. The van der Waals surface area contributed by atoms with Crippen molar-refractivity contribution in [2.24, 2.45) is 0 Å². The Morgan fingerprint density at radius 1 is 1.40 bits per heavy atom. The normalized spacial score (nSPS) is 12.7. The fraction of sp³-hybridized carbons (Fsp3) is 0.300. The summed E-state index contributed by atoms with van der Waals surface area (Å²) in [5.41, 5.74) is 0.796. The molecule has 0 saturated carbocycles. The molecule has 4 nitrogen and oxygen atoms in total. The third-order valence-electron chi connectivity index (χ3n) is 2.00. The van der Waals surface area contributed by atoms with Crippen LogP contribution in [0, 0.1) is 0 Å². The number of hydrogen-bond donors (Lipinski definition) is 1. The van der Waals surface area contributed by atoms with Crippen molar-refractivity contribution >= 4 is 11.3 Å². The van der Waals surface area contributed by atoms with Gasteiger partial charge in [-0.05, 0) is 18.6 Å². The Morgan fingerprint density at radius 2 is 2.27 bits per heavy atom. The van der Waals surface area contributed by atoms with Crippen LogP contribution in [0.4, 0.5) is 0 Å². The smallest absolute Gasteiger partial charge is 0.166 e. The summed E-state index contributed by atoms with van der Waals surface area (Å²) in [4.78, 5) is 4.17. The van der Waals surface area contributed by atoms with Crippen molar-refractivity contribution in [1.29, 1.82) is 0 Å². The van der Waals surface area contributed by atoms with Gasteiger partial charge in [-0.25, -0.2) is 0 Å². The molecule has 15 heavy (non-hydrogen) atoms. The summed E-state index contributed by atoms with van der Waals surface area (Å²) in [6.45, 7) is 1.91. The topological polar surface area (TPSA) is 58.9 Å². The molecule has 0 spiro atoms. The molecule has 0 aromatic carbocycles. The zero-order chi connectivity index (χ0) is 10.7. The van der Waals surface area contributed by atoms with Gasteiger partial charge in [0.15, 0.2) is 5.01 Å². The molecule has 0 amide bonds. The highest BCUT2D eigenvalue weighted by molar-refractivity contribution is 7.14. The third-order valence-corrected chi connectivity index (χ3v) is 3.04. The minimum absolute atomic E-state index is 0.514. The Bertz CT molecular complexity index is 429. The zero-order valence-electron chi connectivity index (χ0n) is 8.29. The van der Waals surface area contributed by atoms with E-state index < -0.39 is 6.10 Å². The predicted octanol–water partition coefficient (Wildman–Crippen LogP) is 2.04. The van der Waals surface area contributed by atoms with Gasteiger partial charge < -0.3 is 5.11 Å². The zero-order valence-corrected chi connectivity index (χ0v) is 9.11. The Morgan fingerprint density at radius 3 is 2.93 bits per heavy atom. The predicted molar refractivity (Wildman–Crippen MR) is 58.4 cm³/mol. The molecule has 0 fully saturated rings. The van der Waals surface area contributed by atoms with Crippen molar-refractivity contribution in [3.63, 3.8) is 0 Å². The molecule has 78 valence electrons. The quantitative estimate of drug-likeness (QED) is 0.861. The van der Waals surface area contributed by atoms with Gasteiger partial charge in [-0.15, -0.1) is 10.2 Å². The summed E-state index contributed by atoms with van der Waals surface area (Å²) < 4.78 is 0. The van der Waals surface area contributed by atoms with Gasteiger partial charge in [0.05, 0.1) is 0 Å². The van der Waals surface area contributed by atoms with Crippen LogP contribution in [0.5, 0.6) is 0 Å². The highest BCUT2D eigenvalue weighted by Gasteiger charge is 2.12.